The molecule has 0 radical (unpaired) electrons. The van der Waals surface area contributed by atoms with E-state index in [1.807, 2.05) is 24.3 Å². The molecule has 106 valence electrons. The zero-order chi connectivity index (χ0) is 13.9. The van der Waals surface area contributed by atoms with Gasteiger partial charge >= 0.3 is 0 Å². The van der Waals surface area contributed by atoms with Crippen LogP contribution in [-0.4, -0.2) is 42.0 Å². The highest BCUT2D eigenvalue weighted by Gasteiger charge is 2.22. The van der Waals surface area contributed by atoms with Crippen LogP contribution in [0.4, 0.5) is 0 Å². The lowest BCUT2D eigenvalue weighted by molar-refractivity contribution is 0.0865. The number of carbonyl (C=O) groups is 1. The average Bonchev–Trinajstić information content (AvgIpc) is 2.92. The number of rotatable bonds is 4. The zero-order valence-corrected chi connectivity index (χ0v) is 11.4. The van der Waals surface area contributed by atoms with E-state index in [2.05, 4.69) is 4.90 Å². The topological polar surface area (TPSA) is 53.7 Å². The first-order valence-corrected chi connectivity index (χ1v) is 7.10. The third kappa shape index (κ3) is 2.62. The SMILES string of the molecule is O=C(CN1CCC(CO)CC1)c1coc2ccccc12. The Morgan fingerprint density at radius 3 is 2.80 bits per heavy atom. The summed E-state index contributed by atoms with van der Waals surface area (Å²) in [5.41, 5.74) is 1.43. The van der Waals surface area contributed by atoms with Crippen LogP contribution in [-0.2, 0) is 0 Å². The molecule has 2 aromatic rings. The maximum Gasteiger partial charge on any atom is 0.180 e. The van der Waals surface area contributed by atoms with Gasteiger partial charge in [0.15, 0.2) is 5.78 Å². The quantitative estimate of drug-likeness (QED) is 0.869. The predicted molar refractivity (Wildman–Crippen MR) is 76.8 cm³/mol. The van der Waals surface area contributed by atoms with Crippen molar-refractivity contribution >= 4 is 16.8 Å². The predicted octanol–water partition coefficient (Wildman–Crippen LogP) is 2.32. The number of likely N-dealkylation sites (tertiary alicyclic amines) is 1. The number of benzene rings is 1. The monoisotopic (exact) mass is 273 g/mol. The number of Topliss-reactive ketones (excluding diaryl/α,β-unsaturated/α-hetero) is 1. The van der Waals surface area contributed by atoms with Crippen molar-refractivity contribution in [2.24, 2.45) is 5.92 Å². The van der Waals surface area contributed by atoms with Gasteiger partial charge < -0.3 is 9.52 Å². The first-order valence-electron chi connectivity index (χ1n) is 7.10. The molecule has 1 aliphatic rings. The summed E-state index contributed by atoms with van der Waals surface area (Å²) in [5.74, 6) is 0.508. The molecule has 0 atom stereocenters. The second-order valence-electron chi connectivity index (χ2n) is 5.47. The average molecular weight is 273 g/mol. The Hall–Kier alpha value is -1.65. The van der Waals surface area contributed by atoms with Crippen LogP contribution in [0, 0.1) is 5.92 Å². The highest BCUT2D eigenvalue weighted by atomic mass is 16.3. The van der Waals surface area contributed by atoms with E-state index in [-0.39, 0.29) is 12.4 Å². The molecule has 1 aliphatic heterocycles. The van der Waals surface area contributed by atoms with Crippen LogP contribution in [0.15, 0.2) is 34.9 Å². The maximum atomic E-state index is 12.4. The van der Waals surface area contributed by atoms with Crippen LogP contribution < -0.4 is 0 Å². The molecule has 4 heteroatoms. The van der Waals surface area contributed by atoms with Gasteiger partial charge in [0.05, 0.1) is 12.1 Å². The van der Waals surface area contributed by atoms with Crippen molar-refractivity contribution in [2.75, 3.05) is 26.2 Å². The van der Waals surface area contributed by atoms with E-state index in [4.69, 9.17) is 9.52 Å². The van der Waals surface area contributed by atoms with Crippen molar-refractivity contribution < 1.29 is 14.3 Å². The maximum absolute atomic E-state index is 12.4. The minimum absolute atomic E-state index is 0.109. The minimum atomic E-state index is 0.109. The summed E-state index contributed by atoms with van der Waals surface area (Å²) in [6.07, 6.45) is 3.50. The number of ketones is 1. The van der Waals surface area contributed by atoms with Crippen LogP contribution >= 0.6 is 0 Å². The second kappa shape index (κ2) is 5.77. The van der Waals surface area contributed by atoms with Crippen molar-refractivity contribution in [2.45, 2.75) is 12.8 Å². The van der Waals surface area contributed by atoms with Gasteiger partial charge in [-0.1, -0.05) is 18.2 Å². The molecule has 1 N–H and O–H groups in total. The molecule has 1 saturated heterocycles. The number of nitrogens with zero attached hydrogens (tertiary/aromatic N) is 1. The lowest BCUT2D eigenvalue weighted by Gasteiger charge is -2.30. The summed E-state index contributed by atoms with van der Waals surface area (Å²) >= 11 is 0. The zero-order valence-electron chi connectivity index (χ0n) is 11.4. The van der Waals surface area contributed by atoms with Gasteiger partial charge in [0.2, 0.25) is 0 Å². The molecule has 0 bridgehead atoms. The van der Waals surface area contributed by atoms with Crippen molar-refractivity contribution in [1.29, 1.82) is 0 Å². The van der Waals surface area contributed by atoms with Crippen LogP contribution in [0.1, 0.15) is 23.2 Å². The molecular formula is C16H19NO3. The lowest BCUT2D eigenvalue weighted by Crippen LogP contribution is -2.38. The van der Waals surface area contributed by atoms with Crippen molar-refractivity contribution in [3.63, 3.8) is 0 Å². The third-order valence-electron chi connectivity index (χ3n) is 4.11. The smallest absolute Gasteiger partial charge is 0.180 e. The van der Waals surface area contributed by atoms with Gasteiger partial charge in [0.1, 0.15) is 11.8 Å². The van der Waals surface area contributed by atoms with Crippen LogP contribution in [0.2, 0.25) is 0 Å². The van der Waals surface area contributed by atoms with E-state index in [9.17, 15) is 4.79 Å². The lowest BCUT2D eigenvalue weighted by atomic mass is 9.97. The van der Waals surface area contributed by atoms with Crippen molar-refractivity contribution in [3.8, 4) is 0 Å². The Morgan fingerprint density at radius 1 is 1.30 bits per heavy atom. The molecular weight excluding hydrogens is 254 g/mol. The van der Waals surface area contributed by atoms with E-state index in [0.29, 0.717) is 18.0 Å². The fourth-order valence-electron chi connectivity index (χ4n) is 2.81. The number of aliphatic hydroxyl groups excluding tert-OH is 1. The molecule has 1 aromatic heterocycles. The van der Waals surface area contributed by atoms with E-state index >= 15 is 0 Å². The summed E-state index contributed by atoms with van der Waals surface area (Å²) in [7, 11) is 0. The number of carbonyl (C=O) groups excluding carboxylic acids is 1. The first kappa shape index (κ1) is 13.3. The number of para-hydroxylation sites is 1. The second-order valence-corrected chi connectivity index (χ2v) is 5.47. The summed E-state index contributed by atoms with van der Waals surface area (Å²) in [5, 5.41) is 10.0. The summed E-state index contributed by atoms with van der Waals surface area (Å²) in [6, 6.07) is 7.62. The molecule has 1 aromatic carbocycles. The largest absolute Gasteiger partial charge is 0.464 e. The van der Waals surface area contributed by atoms with Gasteiger partial charge in [-0.2, -0.15) is 0 Å². The third-order valence-corrected chi connectivity index (χ3v) is 4.11. The highest BCUT2D eigenvalue weighted by molar-refractivity contribution is 6.08. The fraction of sp³-hybridized carbons (Fsp3) is 0.438. The normalized spacial score (nSPS) is 17.6. The van der Waals surface area contributed by atoms with Gasteiger partial charge in [-0.25, -0.2) is 0 Å². The molecule has 0 spiro atoms. The van der Waals surface area contributed by atoms with Gasteiger partial charge in [-0.15, -0.1) is 0 Å². The minimum Gasteiger partial charge on any atom is -0.464 e. The molecule has 1 fully saturated rings. The molecule has 4 nitrogen and oxygen atoms in total. The Kier molecular flexibility index (Phi) is 3.85. The number of aliphatic hydroxyl groups is 1. The number of hydrogen-bond donors (Lipinski definition) is 1. The molecule has 0 unspecified atom stereocenters. The molecule has 20 heavy (non-hydrogen) atoms. The van der Waals surface area contributed by atoms with E-state index in [0.717, 1.165) is 36.9 Å². The van der Waals surface area contributed by atoms with Crippen molar-refractivity contribution in [3.05, 3.63) is 36.1 Å². The Labute approximate surface area is 118 Å². The molecule has 0 saturated carbocycles. The fourth-order valence-corrected chi connectivity index (χ4v) is 2.81. The van der Waals surface area contributed by atoms with Gasteiger partial charge in [0.25, 0.3) is 0 Å². The Balaban J connectivity index is 1.68. The van der Waals surface area contributed by atoms with Crippen LogP contribution in [0.25, 0.3) is 11.0 Å². The Bertz CT molecular complexity index is 597. The van der Waals surface area contributed by atoms with Crippen LogP contribution in [0.3, 0.4) is 0 Å². The molecule has 2 heterocycles. The standard InChI is InChI=1S/C16H19NO3/c18-10-12-5-7-17(8-6-12)9-15(19)14-11-20-16-4-2-1-3-13(14)16/h1-4,11-12,18H,5-10H2. The molecule has 3 rings (SSSR count). The van der Waals surface area contributed by atoms with E-state index < -0.39 is 0 Å². The van der Waals surface area contributed by atoms with Crippen LogP contribution in [0.5, 0.6) is 0 Å². The summed E-state index contributed by atoms with van der Waals surface area (Å²) in [4.78, 5) is 14.6. The van der Waals surface area contributed by atoms with Gasteiger partial charge in [-0.3, -0.25) is 9.69 Å². The highest BCUT2D eigenvalue weighted by Crippen LogP contribution is 2.22. The number of hydrogen-bond acceptors (Lipinski definition) is 4. The molecule has 0 amide bonds. The first-order chi connectivity index (χ1) is 9.78. The van der Waals surface area contributed by atoms with E-state index in [1.165, 1.54) is 0 Å². The number of furan rings is 1. The van der Waals surface area contributed by atoms with Gasteiger partial charge in [-0.05, 0) is 37.9 Å². The van der Waals surface area contributed by atoms with Crippen molar-refractivity contribution in [1.82, 2.24) is 4.90 Å². The molecule has 0 aliphatic carbocycles. The number of fused-ring (bicyclic) bond motifs is 1. The van der Waals surface area contributed by atoms with E-state index in [1.54, 1.807) is 6.26 Å². The number of piperidine rings is 1. The summed E-state index contributed by atoms with van der Waals surface area (Å²) < 4.78 is 5.42. The summed E-state index contributed by atoms with van der Waals surface area (Å²) in [6.45, 7) is 2.45. The Morgan fingerprint density at radius 2 is 2.05 bits per heavy atom. The van der Waals surface area contributed by atoms with Gasteiger partial charge in [0, 0.05) is 12.0 Å².